The third kappa shape index (κ3) is 3.10. The Hall–Kier alpha value is -0.240. The quantitative estimate of drug-likeness (QED) is 0.238. The van der Waals surface area contributed by atoms with Gasteiger partial charge in [-0.15, -0.1) is 0 Å². The first-order valence-corrected chi connectivity index (χ1v) is 3.18. The molecule has 0 bridgehead atoms. The van der Waals surface area contributed by atoms with Crippen molar-refractivity contribution in [2.45, 2.75) is 24.5 Å². The van der Waals surface area contributed by atoms with Crippen molar-refractivity contribution in [2.75, 3.05) is 6.54 Å². The van der Waals surface area contributed by atoms with Crippen LogP contribution < -0.4 is 11.5 Å². The topological polar surface area (TPSA) is 133 Å². The first-order chi connectivity index (χ1) is 5.00. The SMILES string of the molecule is NCC(O)C(O)C(O)C(N)O. The van der Waals surface area contributed by atoms with Gasteiger partial charge in [0.2, 0.25) is 0 Å². The van der Waals surface area contributed by atoms with Crippen LogP contribution in [0.4, 0.5) is 0 Å². The molecule has 0 aliphatic rings. The third-order valence-corrected chi connectivity index (χ3v) is 1.34. The van der Waals surface area contributed by atoms with Crippen molar-refractivity contribution in [3.05, 3.63) is 0 Å². The molecule has 0 saturated carbocycles. The predicted octanol–water partition coefficient (Wildman–Crippen LogP) is -3.70. The Morgan fingerprint density at radius 3 is 1.73 bits per heavy atom. The Bertz CT molecular complexity index is 111. The third-order valence-electron chi connectivity index (χ3n) is 1.34. The van der Waals surface area contributed by atoms with E-state index in [4.69, 9.17) is 31.9 Å². The van der Waals surface area contributed by atoms with Crippen molar-refractivity contribution in [3.8, 4) is 0 Å². The molecule has 0 rings (SSSR count). The molecule has 0 aromatic carbocycles. The van der Waals surface area contributed by atoms with Crippen LogP contribution in [0.1, 0.15) is 0 Å². The predicted molar refractivity (Wildman–Crippen MR) is 37.3 cm³/mol. The van der Waals surface area contributed by atoms with E-state index >= 15 is 0 Å². The van der Waals surface area contributed by atoms with Gasteiger partial charge in [0.25, 0.3) is 0 Å². The molecule has 6 heteroatoms. The van der Waals surface area contributed by atoms with Crippen molar-refractivity contribution in [1.29, 1.82) is 0 Å². The minimum absolute atomic E-state index is 0.203. The number of hydrogen-bond donors (Lipinski definition) is 6. The summed E-state index contributed by atoms with van der Waals surface area (Å²) in [5, 5.41) is 35.2. The van der Waals surface area contributed by atoms with Gasteiger partial charge in [0.05, 0.1) is 6.10 Å². The zero-order chi connectivity index (χ0) is 9.02. The second kappa shape index (κ2) is 4.60. The zero-order valence-corrected chi connectivity index (χ0v) is 5.96. The highest BCUT2D eigenvalue weighted by atomic mass is 16.4. The highest BCUT2D eigenvalue weighted by molar-refractivity contribution is 4.78. The lowest BCUT2D eigenvalue weighted by atomic mass is 10.1. The molecule has 0 saturated heterocycles. The molecule has 0 fully saturated rings. The summed E-state index contributed by atoms with van der Waals surface area (Å²) in [4.78, 5) is 0. The normalized spacial score (nSPS) is 22.4. The van der Waals surface area contributed by atoms with Crippen molar-refractivity contribution < 1.29 is 20.4 Å². The molecule has 0 spiro atoms. The minimum Gasteiger partial charge on any atom is -0.389 e. The number of nitrogens with two attached hydrogens (primary N) is 2. The van der Waals surface area contributed by atoms with E-state index in [1.54, 1.807) is 0 Å². The van der Waals surface area contributed by atoms with Crippen LogP contribution in [0.3, 0.4) is 0 Å². The van der Waals surface area contributed by atoms with Crippen LogP contribution >= 0.6 is 0 Å². The number of aliphatic hydroxyl groups excluding tert-OH is 4. The summed E-state index contributed by atoms with van der Waals surface area (Å²) in [6, 6.07) is 0. The zero-order valence-electron chi connectivity index (χ0n) is 5.96. The fourth-order valence-electron chi connectivity index (χ4n) is 0.569. The van der Waals surface area contributed by atoms with Gasteiger partial charge < -0.3 is 31.9 Å². The maximum atomic E-state index is 8.94. The summed E-state index contributed by atoms with van der Waals surface area (Å²) in [7, 11) is 0. The minimum atomic E-state index is -1.58. The van der Waals surface area contributed by atoms with Gasteiger partial charge in [-0.3, -0.25) is 0 Å². The Labute approximate surface area is 64.1 Å². The first kappa shape index (κ1) is 10.8. The van der Waals surface area contributed by atoms with Gasteiger partial charge in [-0.1, -0.05) is 0 Å². The van der Waals surface area contributed by atoms with Crippen LogP contribution in [0.25, 0.3) is 0 Å². The summed E-state index contributed by atoms with van der Waals surface area (Å²) >= 11 is 0. The second-order valence-electron chi connectivity index (χ2n) is 2.27. The molecule has 11 heavy (non-hydrogen) atoms. The summed E-state index contributed by atoms with van der Waals surface area (Å²) in [5.41, 5.74) is 9.79. The monoisotopic (exact) mass is 166 g/mol. The van der Waals surface area contributed by atoms with Gasteiger partial charge in [-0.05, 0) is 0 Å². The molecule has 0 heterocycles. The van der Waals surface area contributed by atoms with Crippen LogP contribution in [0.5, 0.6) is 0 Å². The van der Waals surface area contributed by atoms with E-state index in [2.05, 4.69) is 0 Å². The van der Waals surface area contributed by atoms with Crippen LogP contribution in [0.15, 0.2) is 0 Å². The fourth-order valence-corrected chi connectivity index (χ4v) is 0.569. The molecule has 4 unspecified atom stereocenters. The molecule has 0 aromatic rings. The molecule has 8 N–H and O–H groups in total. The Morgan fingerprint density at radius 2 is 1.45 bits per heavy atom. The highest BCUT2D eigenvalue weighted by Gasteiger charge is 2.27. The van der Waals surface area contributed by atoms with Crippen LogP contribution in [0.2, 0.25) is 0 Å². The lowest BCUT2D eigenvalue weighted by molar-refractivity contribution is -0.1000. The maximum Gasteiger partial charge on any atom is 0.131 e. The van der Waals surface area contributed by atoms with Gasteiger partial charge in [-0.2, -0.15) is 0 Å². The van der Waals surface area contributed by atoms with E-state index in [0.29, 0.717) is 0 Å². The molecule has 0 radical (unpaired) electrons. The van der Waals surface area contributed by atoms with Gasteiger partial charge in [0.1, 0.15) is 18.4 Å². The number of aliphatic hydroxyl groups is 4. The van der Waals surface area contributed by atoms with Gasteiger partial charge in [0, 0.05) is 6.54 Å². The van der Waals surface area contributed by atoms with Crippen LogP contribution in [-0.4, -0.2) is 51.5 Å². The second-order valence-corrected chi connectivity index (χ2v) is 2.27. The summed E-state index contributed by atoms with van der Waals surface area (Å²) in [6.45, 7) is -0.203. The van der Waals surface area contributed by atoms with Crippen molar-refractivity contribution >= 4 is 0 Å². The first-order valence-electron chi connectivity index (χ1n) is 3.18. The smallest absolute Gasteiger partial charge is 0.131 e. The molecule has 0 aliphatic carbocycles. The van der Waals surface area contributed by atoms with Gasteiger partial charge in [0.15, 0.2) is 0 Å². The maximum absolute atomic E-state index is 8.94. The molecule has 0 aromatic heterocycles. The van der Waals surface area contributed by atoms with E-state index in [-0.39, 0.29) is 6.54 Å². The fraction of sp³-hybridized carbons (Fsp3) is 1.00. The summed E-state index contributed by atoms with van der Waals surface area (Å²) in [6.07, 6.45) is -5.94. The van der Waals surface area contributed by atoms with Crippen molar-refractivity contribution in [1.82, 2.24) is 0 Å². The molecule has 68 valence electrons. The lowest BCUT2D eigenvalue weighted by Gasteiger charge is -2.23. The molecule has 0 amide bonds. The molecular formula is C5H14N2O4. The average molecular weight is 166 g/mol. The van der Waals surface area contributed by atoms with E-state index in [9.17, 15) is 0 Å². The Balaban J connectivity index is 3.90. The van der Waals surface area contributed by atoms with E-state index < -0.39 is 24.5 Å². The Kier molecular flexibility index (Phi) is 4.50. The number of hydrogen-bond acceptors (Lipinski definition) is 6. The van der Waals surface area contributed by atoms with Crippen LogP contribution in [-0.2, 0) is 0 Å². The highest BCUT2D eigenvalue weighted by Crippen LogP contribution is 2.00. The largest absolute Gasteiger partial charge is 0.389 e. The van der Waals surface area contributed by atoms with Gasteiger partial charge >= 0.3 is 0 Å². The van der Waals surface area contributed by atoms with E-state index in [1.165, 1.54) is 0 Å². The molecule has 4 atom stereocenters. The van der Waals surface area contributed by atoms with E-state index in [0.717, 1.165) is 0 Å². The van der Waals surface area contributed by atoms with Crippen LogP contribution in [0, 0.1) is 0 Å². The Morgan fingerprint density at radius 1 is 1.00 bits per heavy atom. The summed E-state index contributed by atoms with van der Waals surface area (Å²) < 4.78 is 0. The molecular weight excluding hydrogens is 152 g/mol. The lowest BCUT2D eigenvalue weighted by Crippen LogP contribution is -2.50. The van der Waals surface area contributed by atoms with Gasteiger partial charge in [-0.25, -0.2) is 0 Å². The standard InChI is InChI=1S/C5H14N2O4/c6-1-2(8)3(9)4(10)5(7)11/h2-5,8-11H,1,6-7H2. The molecule has 0 aliphatic heterocycles. The molecule has 6 nitrogen and oxygen atoms in total. The number of rotatable bonds is 4. The summed E-state index contributed by atoms with van der Waals surface area (Å²) in [5.74, 6) is 0. The van der Waals surface area contributed by atoms with E-state index in [1.807, 2.05) is 0 Å². The van der Waals surface area contributed by atoms with Crippen molar-refractivity contribution in [3.63, 3.8) is 0 Å². The van der Waals surface area contributed by atoms with Crippen molar-refractivity contribution in [2.24, 2.45) is 11.5 Å². The average Bonchev–Trinajstić information content (AvgIpc) is 2.00.